The van der Waals surface area contributed by atoms with Crippen molar-refractivity contribution in [3.05, 3.63) is 53.6 Å². The van der Waals surface area contributed by atoms with Crippen molar-refractivity contribution in [3.8, 4) is 0 Å². The Labute approximate surface area is 154 Å². The zero-order valence-corrected chi connectivity index (χ0v) is 15.6. The second kappa shape index (κ2) is 7.99. The first-order valence-corrected chi connectivity index (χ1v) is 8.83. The van der Waals surface area contributed by atoms with Gasteiger partial charge < -0.3 is 14.7 Å². The fourth-order valence-electron chi connectivity index (χ4n) is 2.92. The smallest absolute Gasteiger partial charge is 0.246 e. The summed E-state index contributed by atoms with van der Waals surface area (Å²) in [6.45, 7) is 4.95. The van der Waals surface area contributed by atoms with Gasteiger partial charge in [-0.25, -0.2) is 0 Å². The van der Waals surface area contributed by atoms with Gasteiger partial charge in [-0.2, -0.15) is 0 Å². The van der Waals surface area contributed by atoms with Crippen molar-refractivity contribution >= 4 is 23.6 Å². The number of nitrogens with zero attached hydrogens (tertiary/aromatic N) is 5. The summed E-state index contributed by atoms with van der Waals surface area (Å²) in [5, 5.41) is 8.52. The van der Waals surface area contributed by atoms with Crippen LogP contribution in [0.25, 0.3) is 6.08 Å². The largest absolute Gasteiger partial charge is 0.361 e. The average Bonchev–Trinajstić information content (AvgIpc) is 2.67. The Bertz CT molecular complexity index is 777. The molecule has 6 heteroatoms. The van der Waals surface area contributed by atoms with Crippen LogP contribution in [0.2, 0.25) is 0 Å². The molecule has 1 aromatic heterocycles. The minimum Gasteiger partial charge on any atom is -0.361 e. The van der Waals surface area contributed by atoms with E-state index in [1.54, 1.807) is 6.08 Å². The van der Waals surface area contributed by atoms with E-state index >= 15 is 0 Å². The summed E-state index contributed by atoms with van der Waals surface area (Å²) in [5.41, 5.74) is 2.25. The minimum atomic E-state index is 0.0574. The highest BCUT2D eigenvalue weighted by molar-refractivity contribution is 5.92. The van der Waals surface area contributed by atoms with Crippen molar-refractivity contribution in [2.75, 3.05) is 50.1 Å². The van der Waals surface area contributed by atoms with E-state index in [-0.39, 0.29) is 5.91 Å². The molecule has 2 heterocycles. The molecule has 2 aromatic rings. The molecule has 0 saturated carbocycles. The van der Waals surface area contributed by atoms with Gasteiger partial charge in [0.05, 0.1) is 0 Å². The van der Waals surface area contributed by atoms with Gasteiger partial charge in [0.15, 0.2) is 11.6 Å². The molecule has 1 fully saturated rings. The number of aryl methyl sites for hydroxylation is 1. The quantitative estimate of drug-likeness (QED) is 0.791. The molecule has 0 spiro atoms. The zero-order chi connectivity index (χ0) is 18.5. The third kappa shape index (κ3) is 4.20. The normalized spacial score (nSPS) is 14.7. The van der Waals surface area contributed by atoms with E-state index in [1.165, 1.54) is 5.56 Å². The predicted octanol–water partition coefficient (Wildman–Crippen LogP) is 2.21. The van der Waals surface area contributed by atoms with Crippen LogP contribution in [0.4, 0.5) is 11.6 Å². The number of benzene rings is 1. The lowest BCUT2D eigenvalue weighted by molar-refractivity contribution is -0.126. The molecule has 136 valence electrons. The van der Waals surface area contributed by atoms with Crippen molar-refractivity contribution < 1.29 is 4.79 Å². The molecule has 0 unspecified atom stereocenters. The van der Waals surface area contributed by atoms with Gasteiger partial charge in [-0.3, -0.25) is 4.79 Å². The van der Waals surface area contributed by atoms with Gasteiger partial charge in [-0.1, -0.05) is 24.3 Å². The second-order valence-corrected chi connectivity index (χ2v) is 6.65. The summed E-state index contributed by atoms with van der Waals surface area (Å²) in [6.07, 6.45) is 3.57. The molecule has 1 amide bonds. The highest BCUT2D eigenvalue weighted by Crippen LogP contribution is 2.16. The topological polar surface area (TPSA) is 52.6 Å². The Balaban J connectivity index is 1.56. The first-order chi connectivity index (χ1) is 12.5. The van der Waals surface area contributed by atoms with E-state index in [0.717, 1.165) is 30.3 Å². The maximum absolute atomic E-state index is 12.4. The number of amides is 1. The van der Waals surface area contributed by atoms with Crippen molar-refractivity contribution in [1.29, 1.82) is 0 Å². The molecule has 3 rings (SSSR count). The Hall–Kier alpha value is -2.89. The van der Waals surface area contributed by atoms with Crippen LogP contribution in [-0.4, -0.2) is 61.3 Å². The molecule has 1 aromatic carbocycles. The highest BCUT2D eigenvalue weighted by Gasteiger charge is 2.20. The summed E-state index contributed by atoms with van der Waals surface area (Å²) in [5.74, 6) is 1.75. The SMILES string of the molecule is Cc1ccccc1/C=C/C(=O)N1CCN(c2ccc(N(C)C)nn2)CC1. The lowest BCUT2D eigenvalue weighted by Gasteiger charge is -2.34. The van der Waals surface area contributed by atoms with E-state index in [9.17, 15) is 4.79 Å². The average molecular weight is 351 g/mol. The van der Waals surface area contributed by atoms with Gasteiger partial charge >= 0.3 is 0 Å². The van der Waals surface area contributed by atoms with Crippen molar-refractivity contribution in [3.63, 3.8) is 0 Å². The van der Waals surface area contributed by atoms with E-state index in [2.05, 4.69) is 15.1 Å². The first-order valence-electron chi connectivity index (χ1n) is 8.83. The molecule has 6 nitrogen and oxygen atoms in total. The van der Waals surface area contributed by atoms with Crippen molar-refractivity contribution in [2.45, 2.75) is 6.92 Å². The van der Waals surface area contributed by atoms with E-state index in [1.807, 2.05) is 73.3 Å². The number of aromatic nitrogens is 2. The van der Waals surface area contributed by atoms with Gasteiger partial charge in [0, 0.05) is 46.4 Å². The maximum Gasteiger partial charge on any atom is 0.246 e. The van der Waals surface area contributed by atoms with Crippen LogP contribution in [0.5, 0.6) is 0 Å². The van der Waals surface area contributed by atoms with Crippen molar-refractivity contribution in [1.82, 2.24) is 15.1 Å². The lowest BCUT2D eigenvalue weighted by atomic mass is 10.1. The summed E-state index contributed by atoms with van der Waals surface area (Å²) >= 11 is 0. The van der Waals surface area contributed by atoms with Crippen LogP contribution < -0.4 is 9.80 Å². The summed E-state index contributed by atoms with van der Waals surface area (Å²) in [7, 11) is 3.89. The fourth-order valence-corrected chi connectivity index (χ4v) is 2.92. The number of carbonyl (C=O) groups excluding carboxylic acids is 1. The number of rotatable bonds is 4. The third-order valence-corrected chi connectivity index (χ3v) is 4.60. The Kier molecular flexibility index (Phi) is 5.51. The molecular weight excluding hydrogens is 326 g/mol. The van der Waals surface area contributed by atoms with Crippen LogP contribution in [0.1, 0.15) is 11.1 Å². The van der Waals surface area contributed by atoms with Crippen molar-refractivity contribution in [2.24, 2.45) is 0 Å². The van der Waals surface area contributed by atoms with E-state index in [0.29, 0.717) is 13.1 Å². The molecule has 0 aliphatic carbocycles. The number of carbonyl (C=O) groups is 1. The van der Waals surface area contributed by atoms with Gasteiger partial charge in [0.2, 0.25) is 5.91 Å². The first kappa shape index (κ1) is 17.9. The molecule has 1 aliphatic rings. The van der Waals surface area contributed by atoms with Crippen LogP contribution >= 0.6 is 0 Å². The van der Waals surface area contributed by atoms with Crippen LogP contribution in [0, 0.1) is 6.92 Å². The lowest BCUT2D eigenvalue weighted by Crippen LogP contribution is -2.48. The number of piperazine rings is 1. The van der Waals surface area contributed by atoms with Crippen LogP contribution in [0.3, 0.4) is 0 Å². The minimum absolute atomic E-state index is 0.0574. The monoisotopic (exact) mass is 351 g/mol. The summed E-state index contributed by atoms with van der Waals surface area (Å²) in [6, 6.07) is 12.0. The summed E-state index contributed by atoms with van der Waals surface area (Å²) in [4.78, 5) is 18.4. The van der Waals surface area contributed by atoms with Gasteiger partial charge in [-0.15, -0.1) is 10.2 Å². The molecule has 0 bridgehead atoms. The number of anilines is 2. The van der Waals surface area contributed by atoms with E-state index in [4.69, 9.17) is 0 Å². The molecule has 0 atom stereocenters. The fraction of sp³-hybridized carbons (Fsp3) is 0.350. The van der Waals surface area contributed by atoms with Gasteiger partial charge in [0.1, 0.15) is 0 Å². The third-order valence-electron chi connectivity index (χ3n) is 4.60. The highest BCUT2D eigenvalue weighted by atomic mass is 16.2. The predicted molar refractivity (Wildman–Crippen MR) is 105 cm³/mol. The molecule has 0 N–H and O–H groups in total. The molecule has 26 heavy (non-hydrogen) atoms. The Morgan fingerprint density at radius 1 is 1.04 bits per heavy atom. The Morgan fingerprint density at radius 3 is 2.38 bits per heavy atom. The van der Waals surface area contributed by atoms with Gasteiger partial charge in [-0.05, 0) is 36.3 Å². The van der Waals surface area contributed by atoms with Gasteiger partial charge in [0.25, 0.3) is 0 Å². The Morgan fingerprint density at radius 2 is 1.77 bits per heavy atom. The number of hydrogen-bond acceptors (Lipinski definition) is 5. The van der Waals surface area contributed by atoms with E-state index < -0.39 is 0 Å². The molecule has 1 saturated heterocycles. The summed E-state index contributed by atoms with van der Waals surface area (Å²) < 4.78 is 0. The zero-order valence-electron chi connectivity index (χ0n) is 15.6. The molecule has 0 radical (unpaired) electrons. The van der Waals surface area contributed by atoms with Crippen LogP contribution in [-0.2, 0) is 4.79 Å². The maximum atomic E-state index is 12.4. The van der Waals surface area contributed by atoms with Crippen LogP contribution in [0.15, 0.2) is 42.5 Å². The number of hydrogen-bond donors (Lipinski definition) is 0. The second-order valence-electron chi connectivity index (χ2n) is 6.65. The standard InChI is InChI=1S/C20H25N5O/c1-16-6-4-5-7-17(16)8-11-20(26)25-14-12-24(13-15-25)19-10-9-18(21-22-19)23(2)3/h4-11H,12-15H2,1-3H3/b11-8+. The molecular formula is C20H25N5O. The molecule has 1 aliphatic heterocycles.